The van der Waals surface area contributed by atoms with Crippen molar-refractivity contribution < 1.29 is 17.9 Å². The van der Waals surface area contributed by atoms with E-state index in [1.54, 1.807) is 6.92 Å². The molecule has 2 rings (SSSR count). The maximum absolute atomic E-state index is 11.9. The molecule has 1 aliphatic heterocycles. The number of hydrogen-bond donors (Lipinski definition) is 2. The van der Waals surface area contributed by atoms with Gasteiger partial charge in [-0.2, -0.15) is 0 Å². The van der Waals surface area contributed by atoms with E-state index in [4.69, 9.17) is 10.5 Å². The van der Waals surface area contributed by atoms with Gasteiger partial charge in [-0.3, -0.25) is 0 Å². The number of ether oxygens (including phenoxy) is 1. The Balaban J connectivity index is 2.21. The first kappa shape index (κ1) is 15.6. The zero-order chi connectivity index (χ0) is 15.5. The fourth-order valence-electron chi connectivity index (χ4n) is 2.29. The summed E-state index contributed by atoms with van der Waals surface area (Å²) in [5, 5.41) is 3.02. The minimum Gasteiger partial charge on any atom is -0.462 e. The predicted octanol–water partition coefficient (Wildman–Crippen LogP) is 0.830. The molecule has 3 N–H and O–H groups in total. The number of pyridine rings is 1. The number of rotatable bonds is 4. The van der Waals surface area contributed by atoms with Gasteiger partial charge in [-0.15, -0.1) is 0 Å². The Morgan fingerprint density at radius 1 is 1.57 bits per heavy atom. The van der Waals surface area contributed by atoms with Crippen molar-refractivity contribution in [2.45, 2.75) is 25.8 Å². The van der Waals surface area contributed by atoms with E-state index in [9.17, 15) is 13.2 Å². The fraction of sp³-hybridized carbons (Fsp3) is 0.538. The van der Waals surface area contributed by atoms with Crippen molar-refractivity contribution in [1.82, 2.24) is 4.98 Å². The van der Waals surface area contributed by atoms with Crippen LogP contribution < -0.4 is 11.1 Å². The molecule has 0 bridgehead atoms. The molecular formula is C13H19N3O4S. The predicted molar refractivity (Wildman–Crippen MR) is 79.9 cm³/mol. The molecule has 0 radical (unpaired) electrons. The summed E-state index contributed by atoms with van der Waals surface area (Å²) < 4.78 is 28.3. The number of esters is 1. The maximum atomic E-state index is 11.9. The molecule has 1 aliphatic rings. The molecule has 1 unspecified atom stereocenters. The standard InChI is InChI=1S/C13H19N3O4S/c1-2-20-13(17)11-6-9(14)7-15-12(11)16-10-4-3-5-21(18,19)8-10/h6-7,10H,2-5,8,14H2,1H3,(H,15,16). The SMILES string of the molecule is CCOC(=O)c1cc(N)cnc1NC1CCCS(=O)(=O)C1. The van der Waals surface area contributed by atoms with Gasteiger partial charge >= 0.3 is 5.97 Å². The van der Waals surface area contributed by atoms with Crippen LogP contribution in [0.5, 0.6) is 0 Å². The third kappa shape index (κ3) is 4.07. The summed E-state index contributed by atoms with van der Waals surface area (Å²) in [6, 6.07) is 1.22. The van der Waals surface area contributed by atoms with Crippen LogP contribution in [-0.4, -0.2) is 43.5 Å². The highest BCUT2D eigenvalue weighted by molar-refractivity contribution is 7.91. The van der Waals surface area contributed by atoms with E-state index in [1.807, 2.05) is 0 Å². The average Bonchev–Trinajstić information content (AvgIpc) is 2.40. The number of nitrogen functional groups attached to an aromatic ring is 1. The van der Waals surface area contributed by atoms with Crippen LogP contribution in [-0.2, 0) is 14.6 Å². The first-order valence-electron chi connectivity index (χ1n) is 6.81. The third-order valence-corrected chi connectivity index (χ3v) is 5.03. The van der Waals surface area contributed by atoms with E-state index in [2.05, 4.69) is 10.3 Å². The van der Waals surface area contributed by atoms with Crippen LogP contribution in [0.15, 0.2) is 12.3 Å². The third-order valence-electron chi connectivity index (χ3n) is 3.21. The van der Waals surface area contributed by atoms with Crippen molar-refractivity contribution >= 4 is 27.3 Å². The Bertz CT molecular complexity index is 630. The minimum absolute atomic E-state index is 0.0430. The molecule has 1 atom stereocenters. The quantitative estimate of drug-likeness (QED) is 0.792. The van der Waals surface area contributed by atoms with Gasteiger partial charge in [0, 0.05) is 6.04 Å². The van der Waals surface area contributed by atoms with Crippen molar-refractivity contribution in [3.63, 3.8) is 0 Å². The molecule has 1 aromatic heterocycles. The number of carbonyl (C=O) groups is 1. The summed E-state index contributed by atoms with van der Waals surface area (Å²) in [6.07, 6.45) is 2.74. The topological polar surface area (TPSA) is 111 Å². The molecule has 1 saturated heterocycles. The molecule has 116 valence electrons. The maximum Gasteiger partial charge on any atom is 0.341 e. The van der Waals surface area contributed by atoms with Gasteiger partial charge < -0.3 is 15.8 Å². The largest absolute Gasteiger partial charge is 0.462 e. The molecule has 0 spiro atoms. The van der Waals surface area contributed by atoms with Gasteiger partial charge in [0.05, 0.1) is 30.0 Å². The van der Waals surface area contributed by atoms with E-state index in [-0.39, 0.29) is 29.7 Å². The van der Waals surface area contributed by atoms with Gasteiger partial charge in [-0.05, 0) is 25.8 Å². The minimum atomic E-state index is -3.03. The Hall–Kier alpha value is -1.83. The van der Waals surface area contributed by atoms with Gasteiger partial charge in [0.1, 0.15) is 11.4 Å². The highest BCUT2D eigenvalue weighted by atomic mass is 32.2. The van der Waals surface area contributed by atoms with Gasteiger partial charge in [-0.1, -0.05) is 0 Å². The van der Waals surface area contributed by atoms with E-state index >= 15 is 0 Å². The fourth-order valence-corrected chi connectivity index (χ4v) is 3.93. The molecule has 0 aromatic carbocycles. The highest BCUT2D eigenvalue weighted by Crippen LogP contribution is 2.21. The van der Waals surface area contributed by atoms with Gasteiger partial charge in [-0.25, -0.2) is 18.2 Å². The van der Waals surface area contributed by atoms with Crippen LogP contribution in [0.25, 0.3) is 0 Å². The summed E-state index contributed by atoms with van der Waals surface area (Å²) in [5.74, 6) is 0.0371. The van der Waals surface area contributed by atoms with Crippen LogP contribution in [0, 0.1) is 0 Å². The van der Waals surface area contributed by atoms with Crippen LogP contribution in [0.4, 0.5) is 11.5 Å². The molecular weight excluding hydrogens is 294 g/mol. The van der Waals surface area contributed by atoms with E-state index in [1.165, 1.54) is 12.3 Å². The molecule has 0 amide bonds. The second kappa shape index (κ2) is 6.30. The summed E-state index contributed by atoms with van der Waals surface area (Å²) in [7, 11) is -3.03. The lowest BCUT2D eigenvalue weighted by atomic mass is 10.1. The number of nitrogens with zero attached hydrogens (tertiary/aromatic N) is 1. The average molecular weight is 313 g/mol. The van der Waals surface area contributed by atoms with Crippen LogP contribution in [0.2, 0.25) is 0 Å². The molecule has 2 heterocycles. The summed E-state index contributed by atoms with van der Waals surface area (Å²) in [6.45, 7) is 1.95. The molecule has 8 heteroatoms. The van der Waals surface area contributed by atoms with Gasteiger partial charge in [0.2, 0.25) is 0 Å². The van der Waals surface area contributed by atoms with Gasteiger partial charge in [0.15, 0.2) is 9.84 Å². The smallest absolute Gasteiger partial charge is 0.341 e. The first-order chi connectivity index (χ1) is 9.91. The number of nitrogens with two attached hydrogens (primary N) is 1. The Morgan fingerprint density at radius 2 is 2.33 bits per heavy atom. The van der Waals surface area contributed by atoms with E-state index in [0.29, 0.717) is 24.3 Å². The lowest BCUT2D eigenvalue weighted by Gasteiger charge is -2.24. The molecule has 21 heavy (non-hydrogen) atoms. The second-order valence-corrected chi connectivity index (χ2v) is 7.21. The van der Waals surface area contributed by atoms with Crippen molar-refractivity contribution in [3.8, 4) is 0 Å². The summed E-state index contributed by atoms with van der Waals surface area (Å²) >= 11 is 0. The zero-order valence-corrected chi connectivity index (χ0v) is 12.6. The number of nitrogens with one attached hydrogen (secondary N) is 1. The number of carbonyl (C=O) groups excluding carboxylic acids is 1. The number of aromatic nitrogens is 1. The van der Waals surface area contributed by atoms with Crippen molar-refractivity contribution in [3.05, 3.63) is 17.8 Å². The normalized spacial score (nSPS) is 20.7. The van der Waals surface area contributed by atoms with Crippen molar-refractivity contribution in [2.75, 3.05) is 29.2 Å². The van der Waals surface area contributed by atoms with Crippen LogP contribution >= 0.6 is 0 Å². The number of sulfone groups is 1. The van der Waals surface area contributed by atoms with Crippen molar-refractivity contribution in [2.24, 2.45) is 0 Å². The first-order valence-corrected chi connectivity index (χ1v) is 8.63. The zero-order valence-electron chi connectivity index (χ0n) is 11.8. The number of hydrogen-bond acceptors (Lipinski definition) is 7. The molecule has 1 aromatic rings. The van der Waals surface area contributed by atoms with Crippen molar-refractivity contribution in [1.29, 1.82) is 0 Å². The molecule has 7 nitrogen and oxygen atoms in total. The number of anilines is 2. The summed E-state index contributed by atoms with van der Waals surface area (Å²) in [4.78, 5) is 16.0. The Kier molecular flexibility index (Phi) is 4.66. The van der Waals surface area contributed by atoms with E-state index < -0.39 is 15.8 Å². The monoisotopic (exact) mass is 313 g/mol. The van der Waals surface area contributed by atoms with Crippen LogP contribution in [0.1, 0.15) is 30.1 Å². The Labute approximate surface area is 123 Å². The second-order valence-electron chi connectivity index (χ2n) is 4.98. The lowest BCUT2D eigenvalue weighted by Crippen LogP contribution is -2.35. The Morgan fingerprint density at radius 3 is 3.00 bits per heavy atom. The highest BCUT2D eigenvalue weighted by Gasteiger charge is 2.26. The van der Waals surface area contributed by atoms with Gasteiger partial charge in [0.25, 0.3) is 0 Å². The lowest BCUT2D eigenvalue weighted by molar-refractivity contribution is 0.0527. The molecule has 1 fully saturated rings. The molecule has 0 saturated carbocycles. The molecule has 0 aliphatic carbocycles. The van der Waals surface area contributed by atoms with E-state index in [0.717, 1.165) is 0 Å². The van der Waals surface area contributed by atoms with Crippen LogP contribution in [0.3, 0.4) is 0 Å². The summed E-state index contributed by atoms with van der Waals surface area (Å²) in [5.41, 5.74) is 6.21.